The highest BCUT2D eigenvalue weighted by atomic mass is 16.5. The van der Waals surface area contributed by atoms with Gasteiger partial charge in [-0.1, -0.05) is 35.4 Å². The topological polar surface area (TPSA) is 218 Å². The van der Waals surface area contributed by atoms with Gasteiger partial charge in [-0.3, -0.25) is 4.79 Å². The van der Waals surface area contributed by atoms with Crippen molar-refractivity contribution in [2.45, 2.75) is 37.9 Å². The molecule has 4 aromatic rings. The minimum Gasteiger partial charge on any atom is -0.851 e. The van der Waals surface area contributed by atoms with E-state index in [0.717, 1.165) is 23.3 Å². The number of nitrogens with one attached hydrogen (secondary N) is 2. The maximum absolute atomic E-state index is 13.5. The molecule has 1 aliphatic rings. The highest BCUT2D eigenvalue weighted by Crippen LogP contribution is 2.57. The van der Waals surface area contributed by atoms with Crippen molar-refractivity contribution < 1.29 is 50.4 Å². The van der Waals surface area contributed by atoms with Crippen LogP contribution in [0.2, 0.25) is 0 Å². The predicted molar refractivity (Wildman–Crippen MR) is 155 cm³/mol. The van der Waals surface area contributed by atoms with Crippen LogP contribution in [0.25, 0.3) is 0 Å². The number of phenols is 6. The van der Waals surface area contributed by atoms with Crippen molar-refractivity contribution in [3.63, 3.8) is 0 Å². The lowest BCUT2D eigenvalue weighted by molar-refractivity contribution is -0.536. The number of aromatic hydroxyl groups is 6. The summed E-state index contributed by atoms with van der Waals surface area (Å²) >= 11 is 0. The molecule has 44 heavy (non-hydrogen) atoms. The molecule has 1 fully saturated rings. The summed E-state index contributed by atoms with van der Waals surface area (Å²) < 4.78 is 5.55. The van der Waals surface area contributed by atoms with E-state index in [4.69, 9.17) is 4.74 Å². The minimum absolute atomic E-state index is 0.197. The van der Waals surface area contributed by atoms with Crippen LogP contribution >= 0.6 is 0 Å². The molecule has 0 saturated heterocycles. The first-order chi connectivity index (χ1) is 20.9. The Kier molecular flexibility index (Phi) is 8.05. The second kappa shape index (κ2) is 11.7. The van der Waals surface area contributed by atoms with E-state index >= 15 is 0 Å². The predicted octanol–water partition coefficient (Wildman–Crippen LogP) is 2.58. The first kappa shape index (κ1) is 30.1. The zero-order valence-electron chi connectivity index (χ0n) is 23.6. The molecule has 0 aromatic heterocycles. The lowest BCUT2D eigenvalue weighted by Crippen LogP contribution is -2.63. The van der Waals surface area contributed by atoms with E-state index < -0.39 is 81.3 Å². The van der Waals surface area contributed by atoms with Crippen LogP contribution in [0.5, 0.6) is 40.2 Å². The Labute approximate surface area is 251 Å². The second-order valence-corrected chi connectivity index (χ2v) is 10.7. The normalized spacial score (nSPS) is 19.2. The summed E-state index contributed by atoms with van der Waals surface area (Å²) in [7, 11) is 0. The van der Waals surface area contributed by atoms with E-state index in [1.165, 1.54) is 12.1 Å². The molecular formula is C32H30N2O10-2. The molecule has 2 atom stereocenters. The number of amides is 1. The Balaban J connectivity index is 1.40. The standard InChI is InChI=1S/C32H30N2O10/c1-14-3-7-16(8-4-14)32(43)34-27-21(38)12-19(36)23(31(27)42)25-28(39)24(29(25)40)22-18(35)11-20(37)26(30(22)41)33-13-44-17-9-5-15(2)6-10-17/h3-12,24-25,28-29,33,35-38,41-42H,13H2,1-2H3,(H,34,43)/q-2. The van der Waals surface area contributed by atoms with Gasteiger partial charge in [-0.25, -0.2) is 0 Å². The van der Waals surface area contributed by atoms with Gasteiger partial charge in [0.1, 0.15) is 51.6 Å². The summed E-state index contributed by atoms with van der Waals surface area (Å²) in [6.07, 6.45) is -3.81. The molecular weight excluding hydrogens is 572 g/mol. The Morgan fingerprint density at radius 2 is 1.16 bits per heavy atom. The van der Waals surface area contributed by atoms with Crippen LogP contribution in [-0.4, -0.2) is 55.5 Å². The third-order valence-electron chi connectivity index (χ3n) is 7.74. The van der Waals surface area contributed by atoms with Gasteiger partial charge in [0.15, 0.2) is 6.73 Å². The fourth-order valence-electron chi connectivity index (χ4n) is 5.32. The lowest BCUT2D eigenvalue weighted by Gasteiger charge is -2.61. The van der Waals surface area contributed by atoms with Crippen LogP contribution < -0.4 is 25.6 Å². The molecule has 1 aliphatic carbocycles. The number of hydrogen-bond acceptors (Lipinski definition) is 11. The van der Waals surface area contributed by atoms with Crippen LogP contribution in [0.15, 0.2) is 60.7 Å². The van der Waals surface area contributed by atoms with E-state index in [1.807, 2.05) is 26.0 Å². The number of ether oxygens (including phenoxy) is 1. The summed E-state index contributed by atoms with van der Waals surface area (Å²) in [6.45, 7) is 3.50. The van der Waals surface area contributed by atoms with Gasteiger partial charge < -0.3 is 56.2 Å². The van der Waals surface area contributed by atoms with Gasteiger partial charge in [0.2, 0.25) is 0 Å². The summed E-state index contributed by atoms with van der Waals surface area (Å²) in [5.41, 5.74) is 0.377. The highest BCUT2D eigenvalue weighted by Gasteiger charge is 2.44. The van der Waals surface area contributed by atoms with Gasteiger partial charge in [0, 0.05) is 28.8 Å². The van der Waals surface area contributed by atoms with E-state index in [-0.39, 0.29) is 18.0 Å². The Morgan fingerprint density at radius 1 is 0.705 bits per heavy atom. The first-order valence-corrected chi connectivity index (χ1v) is 13.6. The number of phenolic OH excluding ortho intramolecular Hbond substituents is 6. The van der Waals surface area contributed by atoms with Gasteiger partial charge in [-0.15, -0.1) is 12.2 Å². The zero-order valence-corrected chi connectivity index (χ0v) is 23.6. The summed E-state index contributed by atoms with van der Waals surface area (Å²) in [6, 6.07) is 15.1. The van der Waals surface area contributed by atoms with Gasteiger partial charge in [-0.05, 0) is 49.9 Å². The Bertz CT molecular complexity index is 1700. The number of carbonyl (C=O) groups excluding carboxylic acids is 1. The third-order valence-corrected chi connectivity index (χ3v) is 7.74. The van der Waals surface area contributed by atoms with Crippen LogP contribution in [0.4, 0.5) is 11.4 Å². The smallest absolute Gasteiger partial charge is 0.255 e. The third kappa shape index (κ3) is 5.43. The van der Waals surface area contributed by atoms with Crippen molar-refractivity contribution in [1.29, 1.82) is 0 Å². The summed E-state index contributed by atoms with van der Waals surface area (Å²) in [5, 5.41) is 95.6. The number of hydrogen-bond donors (Lipinski definition) is 8. The molecule has 1 saturated carbocycles. The number of rotatable bonds is 8. The zero-order chi connectivity index (χ0) is 31.9. The fourth-order valence-corrected chi connectivity index (χ4v) is 5.32. The largest absolute Gasteiger partial charge is 0.851 e. The second-order valence-electron chi connectivity index (χ2n) is 10.7. The molecule has 2 unspecified atom stereocenters. The van der Waals surface area contributed by atoms with Gasteiger partial charge >= 0.3 is 0 Å². The molecule has 12 heteroatoms. The minimum atomic E-state index is -1.91. The van der Waals surface area contributed by atoms with Crippen molar-refractivity contribution >= 4 is 17.3 Å². The molecule has 12 nitrogen and oxygen atoms in total. The SMILES string of the molecule is Cc1ccc(OCNc2c(O)cc(O)c(C3C([O-])C(c4c(O)cc(O)c(NC(=O)c5ccc(C)cc5)c4O)C3[O-])c2O)cc1. The van der Waals surface area contributed by atoms with Gasteiger partial charge in [-0.2, -0.15) is 0 Å². The van der Waals surface area contributed by atoms with Gasteiger partial charge in [0.25, 0.3) is 5.91 Å². The van der Waals surface area contributed by atoms with Crippen LogP contribution in [0.3, 0.4) is 0 Å². The summed E-state index contributed by atoms with van der Waals surface area (Å²) in [5.74, 6) is -7.72. The van der Waals surface area contributed by atoms with E-state index in [9.17, 15) is 45.6 Å². The van der Waals surface area contributed by atoms with Crippen molar-refractivity contribution in [2.24, 2.45) is 0 Å². The average Bonchev–Trinajstić information content (AvgIpc) is 2.98. The maximum Gasteiger partial charge on any atom is 0.255 e. The molecule has 0 radical (unpaired) electrons. The molecule has 8 N–H and O–H groups in total. The maximum atomic E-state index is 13.5. The number of benzene rings is 4. The lowest BCUT2D eigenvalue weighted by atomic mass is 9.62. The van der Waals surface area contributed by atoms with E-state index in [1.54, 1.807) is 24.3 Å². The Hall–Kier alpha value is -5.33. The van der Waals surface area contributed by atoms with Crippen LogP contribution in [0, 0.1) is 13.8 Å². The number of aryl methyl sites for hydroxylation is 2. The van der Waals surface area contributed by atoms with Crippen molar-refractivity contribution in [1.82, 2.24) is 0 Å². The fraction of sp³-hybridized carbons (Fsp3) is 0.219. The van der Waals surface area contributed by atoms with Crippen molar-refractivity contribution in [3.8, 4) is 40.2 Å². The monoisotopic (exact) mass is 602 g/mol. The van der Waals surface area contributed by atoms with E-state index in [0.29, 0.717) is 5.75 Å². The molecule has 0 aliphatic heterocycles. The number of carbonyl (C=O) groups is 1. The number of anilines is 2. The molecule has 5 rings (SSSR count). The highest BCUT2D eigenvalue weighted by molar-refractivity contribution is 6.06. The Morgan fingerprint density at radius 3 is 1.68 bits per heavy atom. The quantitative estimate of drug-likeness (QED) is 0.0832. The molecule has 1 amide bonds. The van der Waals surface area contributed by atoms with Gasteiger partial charge in [0.05, 0.1) is 0 Å². The van der Waals surface area contributed by atoms with E-state index in [2.05, 4.69) is 10.6 Å². The van der Waals surface area contributed by atoms with Crippen molar-refractivity contribution in [3.05, 3.63) is 88.5 Å². The molecule has 0 spiro atoms. The molecule has 0 heterocycles. The van der Waals surface area contributed by atoms with Crippen LogP contribution in [-0.2, 0) is 0 Å². The molecule has 0 bridgehead atoms. The molecule has 4 aromatic carbocycles. The average molecular weight is 603 g/mol. The first-order valence-electron chi connectivity index (χ1n) is 13.6. The summed E-state index contributed by atoms with van der Waals surface area (Å²) in [4.78, 5) is 12.7. The van der Waals surface area contributed by atoms with Crippen molar-refractivity contribution in [2.75, 3.05) is 17.4 Å². The molecule has 230 valence electrons. The van der Waals surface area contributed by atoms with Crippen LogP contribution in [0.1, 0.15) is 44.4 Å².